The van der Waals surface area contributed by atoms with Gasteiger partial charge in [0.05, 0.1) is 6.61 Å². The molecule has 0 bridgehead atoms. The molecule has 1 rings (SSSR count). The lowest BCUT2D eigenvalue weighted by molar-refractivity contribution is 0.316. The van der Waals surface area contributed by atoms with Gasteiger partial charge in [-0.25, -0.2) is 0 Å². The minimum absolute atomic E-state index is 0.825. The van der Waals surface area contributed by atoms with Gasteiger partial charge in [0.15, 0.2) is 0 Å². The van der Waals surface area contributed by atoms with Gasteiger partial charge in [0.2, 0.25) is 0 Å². The highest BCUT2D eigenvalue weighted by molar-refractivity contribution is 7.98. The van der Waals surface area contributed by atoms with Crippen LogP contribution in [0.5, 0.6) is 5.75 Å². The van der Waals surface area contributed by atoms with Crippen molar-refractivity contribution in [1.82, 2.24) is 0 Å². The highest BCUT2D eigenvalue weighted by Gasteiger charge is 2.00. The van der Waals surface area contributed by atoms with Crippen molar-refractivity contribution in [2.45, 2.75) is 20.3 Å². The second-order valence-corrected chi connectivity index (χ2v) is 4.38. The Balaban J connectivity index is 2.46. The van der Waals surface area contributed by atoms with Crippen molar-refractivity contribution < 1.29 is 4.74 Å². The molecular formula is C12H18OS. The van der Waals surface area contributed by atoms with Crippen LogP contribution in [-0.4, -0.2) is 18.6 Å². The first-order valence-corrected chi connectivity index (χ1v) is 6.33. The number of rotatable bonds is 5. The molecule has 0 atom stereocenters. The minimum atomic E-state index is 0.825. The molecule has 0 heterocycles. The SMILES string of the molecule is CSCCCOc1cccc(C)c1C. The number of hydrogen-bond acceptors (Lipinski definition) is 2. The zero-order valence-electron chi connectivity index (χ0n) is 9.17. The van der Waals surface area contributed by atoms with E-state index in [-0.39, 0.29) is 0 Å². The summed E-state index contributed by atoms with van der Waals surface area (Å²) in [5, 5.41) is 0. The number of thioether (sulfide) groups is 1. The van der Waals surface area contributed by atoms with Gasteiger partial charge in [-0.05, 0) is 49.5 Å². The molecule has 78 valence electrons. The molecule has 1 aromatic rings. The predicted molar refractivity (Wildman–Crippen MR) is 64.4 cm³/mol. The lowest BCUT2D eigenvalue weighted by Gasteiger charge is -2.10. The van der Waals surface area contributed by atoms with Crippen LogP contribution in [0.4, 0.5) is 0 Å². The van der Waals surface area contributed by atoms with Crippen molar-refractivity contribution in [1.29, 1.82) is 0 Å². The summed E-state index contributed by atoms with van der Waals surface area (Å²) in [6.07, 6.45) is 3.24. The van der Waals surface area contributed by atoms with Crippen molar-refractivity contribution in [3.63, 3.8) is 0 Å². The van der Waals surface area contributed by atoms with E-state index in [9.17, 15) is 0 Å². The third-order valence-electron chi connectivity index (χ3n) is 2.31. The predicted octanol–water partition coefficient (Wildman–Crippen LogP) is 3.44. The minimum Gasteiger partial charge on any atom is -0.493 e. The fourth-order valence-corrected chi connectivity index (χ4v) is 1.67. The maximum atomic E-state index is 5.71. The highest BCUT2D eigenvalue weighted by Crippen LogP contribution is 2.20. The second kappa shape index (κ2) is 5.97. The molecule has 0 spiro atoms. The Bertz CT molecular complexity index is 284. The lowest BCUT2D eigenvalue weighted by Crippen LogP contribution is -2.00. The molecule has 1 aromatic carbocycles. The molecule has 0 N–H and O–H groups in total. The first kappa shape index (κ1) is 11.4. The topological polar surface area (TPSA) is 9.23 Å². The summed E-state index contributed by atoms with van der Waals surface area (Å²) in [6.45, 7) is 5.05. The van der Waals surface area contributed by atoms with Crippen LogP contribution in [0.15, 0.2) is 18.2 Å². The van der Waals surface area contributed by atoms with Gasteiger partial charge in [0.1, 0.15) is 5.75 Å². The summed E-state index contributed by atoms with van der Waals surface area (Å²) >= 11 is 1.86. The highest BCUT2D eigenvalue weighted by atomic mass is 32.2. The largest absolute Gasteiger partial charge is 0.493 e. The molecule has 0 unspecified atom stereocenters. The van der Waals surface area contributed by atoms with Gasteiger partial charge in [-0.1, -0.05) is 12.1 Å². The summed E-state index contributed by atoms with van der Waals surface area (Å²) in [5.41, 5.74) is 2.56. The fourth-order valence-electron chi connectivity index (χ4n) is 1.27. The van der Waals surface area contributed by atoms with E-state index in [1.165, 1.54) is 16.9 Å². The Morgan fingerprint density at radius 1 is 1.29 bits per heavy atom. The first-order valence-electron chi connectivity index (χ1n) is 4.93. The van der Waals surface area contributed by atoms with Gasteiger partial charge in [-0.15, -0.1) is 0 Å². The number of hydrogen-bond donors (Lipinski definition) is 0. The monoisotopic (exact) mass is 210 g/mol. The summed E-state index contributed by atoms with van der Waals surface area (Å²) in [5.74, 6) is 2.20. The van der Waals surface area contributed by atoms with E-state index < -0.39 is 0 Å². The summed E-state index contributed by atoms with van der Waals surface area (Å²) in [4.78, 5) is 0. The fraction of sp³-hybridized carbons (Fsp3) is 0.500. The van der Waals surface area contributed by atoms with E-state index in [1.807, 2.05) is 23.9 Å². The van der Waals surface area contributed by atoms with Crippen LogP contribution in [0.2, 0.25) is 0 Å². The zero-order valence-corrected chi connectivity index (χ0v) is 9.99. The molecule has 1 nitrogen and oxygen atoms in total. The van der Waals surface area contributed by atoms with Crippen LogP contribution in [-0.2, 0) is 0 Å². The van der Waals surface area contributed by atoms with Crippen molar-refractivity contribution >= 4 is 11.8 Å². The van der Waals surface area contributed by atoms with Crippen LogP contribution in [0.1, 0.15) is 17.5 Å². The Morgan fingerprint density at radius 3 is 2.79 bits per heavy atom. The maximum absolute atomic E-state index is 5.71. The van der Waals surface area contributed by atoms with E-state index in [4.69, 9.17) is 4.74 Å². The van der Waals surface area contributed by atoms with Gasteiger partial charge >= 0.3 is 0 Å². The van der Waals surface area contributed by atoms with Crippen molar-refractivity contribution in [3.05, 3.63) is 29.3 Å². The summed E-state index contributed by atoms with van der Waals surface area (Å²) in [7, 11) is 0. The molecule has 2 heteroatoms. The molecule has 0 saturated carbocycles. The van der Waals surface area contributed by atoms with Crippen molar-refractivity contribution in [2.75, 3.05) is 18.6 Å². The summed E-state index contributed by atoms with van der Waals surface area (Å²) in [6, 6.07) is 6.21. The van der Waals surface area contributed by atoms with Crippen LogP contribution in [0.3, 0.4) is 0 Å². The number of benzene rings is 1. The van der Waals surface area contributed by atoms with E-state index in [0.717, 1.165) is 18.8 Å². The third kappa shape index (κ3) is 3.26. The maximum Gasteiger partial charge on any atom is 0.122 e. The zero-order chi connectivity index (χ0) is 10.4. The molecule has 0 saturated heterocycles. The van der Waals surface area contributed by atoms with Crippen LogP contribution in [0.25, 0.3) is 0 Å². The Kier molecular flexibility index (Phi) is 4.88. The summed E-state index contributed by atoms with van der Waals surface area (Å²) < 4.78 is 5.71. The molecule has 0 amide bonds. The van der Waals surface area contributed by atoms with Crippen molar-refractivity contribution in [2.24, 2.45) is 0 Å². The van der Waals surface area contributed by atoms with Gasteiger partial charge in [0, 0.05) is 0 Å². The van der Waals surface area contributed by atoms with E-state index >= 15 is 0 Å². The Labute approximate surface area is 90.9 Å². The molecule has 0 aromatic heterocycles. The normalized spacial score (nSPS) is 10.2. The van der Waals surface area contributed by atoms with E-state index in [0.29, 0.717) is 0 Å². The first-order chi connectivity index (χ1) is 6.75. The van der Waals surface area contributed by atoms with Gasteiger partial charge in [-0.3, -0.25) is 0 Å². The average Bonchev–Trinajstić information content (AvgIpc) is 2.19. The second-order valence-electron chi connectivity index (χ2n) is 3.39. The quantitative estimate of drug-likeness (QED) is 0.689. The molecular weight excluding hydrogens is 192 g/mol. The van der Waals surface area contributed by atoms with Crippen molar-refractivity contribution in [3.8, 4) is 5.75 Å². The standard InChI is InChI=1S/C12H18OS/c1-10-6-4-7-12(11(10)2)13-8-5-9-14-3/h4,6-7H,5,8-9H2,1-3H3. The van der Waals surface area contributed by atoms with E-state index in [1.54, 1.807) is 0 Å². The Hall–Kier alpha value is -0.630. The molecule has 0 aliphatic rings. The Morgan fingerprint density at radius 2 is 2.07 bits per heavy atom. The molecule has 0 aliphatic heterocycles. The van der Waals surface area contributed by atoms with Crippen LogP contribution in [0, 0.1) is 13.8 Å². The van der Waals surface area contributed by atoms with Gasteiger partial charge < -0.3 is 4.74 Å². The molecule has 0 radical (unpaired) electrons. The lowest BCUT2D eigenvalue weighted by atomic mass is 10.1. The third-order valence-corrected chi connectivity index (χ3v) is 3.00. The number of aryl methyl sites for hydroxylation is 1. The van der Waals surface area contributed by atoms with Gasteiger partial charge in [0.25, 0.3) is 0 Å². The average molecular weight is 210 g/mol. The molecule has 14 heavy (non-hydrogen) atoms. The van der Waals surface area contributed by atoms with Crippen LogP contribution >= 0.6 is 11.8 Å². The van der Waals surface area contributed by atoms with Crippen LogP contribution < -0.4 is 4.74 Å². The molecule has 0 aliphatic carbocycles. The van der Waals surface area contributed by atoms with Gasteiger partial charge in [-0.2, -0.15) is 11.8 Å². The number of ether oxygens (including phenoxy) is 1. The molecule has 0 fully saturated rings. The van der Waals surface area contributed by atoms with E-state index in [2.05, 4.69) is 26.2 Å². The smallest absolute Gasteiger partial charge is 0.122 e.